The second kappa shape index (κ2) is 3.36. The summed E-state index contributed by atoms with van der Waals surface area (Å²) >= 11 is 7.30. The Balaban J connectivity index is 1.68. The van der Waals surface area contributed by atoms with Gasteiger partial charge in [0.25, 0.3) is 0 Å². The fraction of sp³-hybridized carbons (Fsp3) is 0.667. The number of rotatable bonds is 2. The Bertz CT molecular complexity index is 343. The number of fused-ring (bicyclic) bond motifs is 2. The summed E-state index contributed by atoms with van der Waals surface area (Å²) in [5.41, 5.74) is 0. The van der Waals surface area contributed by atoms with Gasteiger partial charge in [-0.25, -0.2) is 4.98 Å². The van der Waals surface area contributed by atoms with Gasteiger partial charge in [0, 0.05) is 0 Å². The molecule has 0 aromatic carbocycles. The first kappa shape index (κ1) is 8.95. The minimum Gasteiger partial charge on any atom is -0.373 e. The van der Waals surface area contributed by atoms with Crippen LogP contribution in [0.1, 0.15) is 19.3 Å². The predicted molar refractivity (Wildman–Crippen MR) is 57.0 cm³/mol. The summed E-state index contributed by atoms with van der Waals surface area (Å²) in [5.74, 6) is 0. The highest BCUT2D eigenvalue weighted by atomic mass is 35.5. The zero-order valence-corrected chi connectivity index (χ0v) is 9.14. The molecule has 0 saturated carbocycles. The summed E-state index contributed by atoms with van der Waals surface area (Å²) in [6.07, 6.45) is 6.07. The van der Waals surface area contributed by atoms with E-state index in [1.807, 2.05) is 0 Å². The van der Waals surface area contributed by atoms with Crippen LogP contribution in [0, 0.1) is 0 Å². The maximum atomic E-state index is 5.81. The molecule has 3 nitrogen and oxygen atoms in total. The Kier molecular flexibility index (Phi) is 2.15. The maximum absolute atomic E-state index is 5.81. The second-order valence-electron chi connectivity index (χ2n) is 3.83. The van der Waals surface area contributed by atoms with E-state index in [2.05, 4.69) is 10.3 Å². The number of hydrogen-bond donors (Lipinski definition) is 1. The lowest BCUT2D eigenvalue weighted by Crippen LogP contribution is -2.30. The topological polar surface area (TPSA) is 34.2 Å². The Labute approximate surface area is 91.4 Å². The Morgan fingerprint density at radius 1 is 1.57 bits per heavy atom. The molecule has 2 bridgehead atoms. The van der Waals surface area contributed by atoms with Crippen molar-refractivity contribution in [3.63, 3.8) is 0 Å². The number of aromatic nitrogens is 1. The van der Waals surface area contributed by atoms with E-state index in [1.54, 1.807) is 6.20 Å². The first-order valence-electron chi connectivity index (χ1n) is 4.84. The zero-order valence-electron chi connectivity index (χ0n) is 7.57. The van der Waals surface area contributed by atoms with Gasteiger partial charge in [-0.2, -0.15) is 0 Å². The fourth-order valence-electron chi connectivity index (χ4n) is 2.27. The third kappa shape index (κ3) is 1.51. The smallest absolute Gasteiger partial charge is 0.184 e. The zero-order chi connectivity index (χ0) is 9.54. The highest BCUT2D eigenvalue weighted by Crippen LogP contribution is 2.36. The average Bonchev–Trinajstić information content (AvgIpc) is 2.82. The number of anilines is 1. The molecule has 2 unspecified atom stereocenters. The SMILES string of the molecule is Clc1cnc(N[C@H]2CC3CCC2O3)s1. The van der Waals surface area contributed by atoms with E-state index in [1.165, 1.54) is 24.2 Å². The lowest BCUT2D eigenvalue weighted by atomic mass is 9.96. The van der Waals surface area contributed by atoms with Crippen LogP contribution in [-0.4, -0.2) is 23.2 Å². The Morgan fingerprint density at radius 2 is 2.50 bits per heavy atom. The summed E-state index contributed by atoms with van der Waals surface area (Å²) in [6.45, 7) is 0. The molecule has 0 spiro atoms. The van der Waals surface area contributed by atoms with Gasteiger partial charge in [-0.1, -0.05) is 22.9 Å². The van der Waals surface area contributed by atoms with Crippen molar-refractivity contribution in [2.45, 2.75) is 37.5 Å². The molecule has 3 heterocycles. The quantitative estimate of drug-likeness (QED) is 0.848. The Hall–Kier alpha value is -0.320. The van der Waals surface area contributed by atoms with Gasteiger partial charge in [-0.05, 0) is 19.3 Å². The van der Waals surface area contributed by atoms with Crippen LogP contribution in [0.3, 0.4) is 0 Å². The van der Waals surface area contributed by atoms with E-state index in [4.69, 9.17) is 16.3 Å². The summed E-state index contributed by atoms with van der Waals surface area (Å²) in [6, 6.07) is 0.441. The highest BCUT2D eigenvalue weighted by Gasteiger charge is 2.40. The molecule has 1 aromatic rings. The van der Waals surface area contributed by atoms with Crippen molar-refractivity contribution < 1.29 is 4.74 Å². The van der Waals surface area contributed by atoms with Crippen molar-refractivity contribution in [2.75, 3.05) is 5.32 Å². The van der Waals surface area contributed by atoms with E-state index in [-0.39, 0.29) is 0 Å². The maximum Gasteiger partial charge on any atom is 0.184 e. The molecule has 0 radical (unpaired) electrons. The normalized spacial score (nSPS) is 35.1. The van der Waals surface area contributed by atoms with Crippen molar-refractivity contribution in [3.8, 4) is 0 Å². The molecule has 2 aliphatic heterocycles. The van der Waals surface area contributed by atoms with Gasteiger partial charge in [0.2, 0.25) is 0 Å². The van der Waals surface area contributed by atoms with Crippen LogP contribution in [0.4, 0.5) is 5.13 Å². The first-order valence-corrected chi connectivity index (χ1v) is 6.04. The number of nitrogens with zero attached hydrogens (tertiary/aromatic N) is 1. The predicted octanol–water partition coefficient (Wildman–Crippen LogP) is 2.53. The lowest BCUT2D eigenvalue weighted by molar-refractivity contribution is 0.102. The van der Waals surface area contributed by atoms with E-state index >= 15 is 0 Å². The van der Waals surface area contributed by atoms with Crippen LogP contribution < -0.4 is 5.32 Å². The second-order valence-corrected chi connectivity index (χ2v) is 5.49. The monoisotopic (exact) mass is 230 g/mol. The van der Waals surface area contributed by atoms with Gasteiger partial charge in [-0.3, -0.25) is 0 Å². The van der Waals surface area contributed by atoms with Crippen molar-refractivity contribution in [3.05, 3.63) is 10.5 Å². The van der Waals surface area contributed by atoms with Crippen molar-refractivity contribution >= 4 is 28.1 Å². The highest BCUT2D eigenvalue weighted by molar-refractivity contribution is 7.19. The Morgan fingerprint density at radius 3 is 3.07 bits per heavy atom. The van der Waals surface area contributed by atoms with Gasteiger partial charge < -0.3 is 10.1 Å². The number of nitrogens with one attached hydrogen (secondary N) is 1. The molecule has 2 fully saturated rings. The lowest BCUT2D eigenvalue weighted by Gasteiger charge is -2.19. The van der Waals surface area contributed by atoms with Crippen LogP contribution >= 0.6 is 22.9 Å². The summed E-state index contributed by atoms with van der Waals surface area (Å²) in [5, 5.41) is 4.30. The molecule has 3 rings (SSSR count). The van der Waals surface area contributed by atoms with Crippen LogP contribution in [0.25, 0.3) is 0 Å². The molecule has 0 aliphatic carbocycles. The molecule has 0 amide bonds. The van der Waals surface area contributed by atoms with E-state index < -0.39 is 0 Å². The third-order valence-corrected chi connectivity index (χ3v) is 3.94. The summed E-state index contributed by atoms with van der Waals surface area (Å²) in [4.78, 5) is 4.18. The molecule has 2 aliphatic rings. The van der Waals surface area contributed by atoms with Gasteiger partial charge >= 0.3 is 0 Å². The van der Waals surface area contributed by atoms with Gasteiger partial charge in [-0.15, -0.1) is 0 Å². The first-order chi connectivity index (χ1) is 6.81. The molecule has 3 atom stereocenters. The molecule has 5 heteroatoms. The third-order valence-electron chi connectivity index (χ3n) is 2.89. The molecule has 1 N–H and O–H groups in total. The van der Waals surface area contributed by atoms with E-state index in [0.717, 1.165) is 15.9 Å². The minimum absolute atomic E-state index is 0.391. The number of halogens is 1. The molecule has 1 aromatic heterocycles. The van der Waals surface area contributed by atoms with Crippen molar-refractivity contribution in [2.24, 2.45) is 0 Å². The number of hydrogen-bond acceptors (Lipinski definition) is 4. The van der Waals surface area contributed by atoms with Crippen LogP contribution in [0.2, 0.25) is 4.34 Å². The van der Waals surface area contributed by atoms with E-state index in [9.17, 15) is 0 Å². The van der Waals surface area contributed by atoms with Crippen molar-refractivity contribution in [1.82, 2.24) is 4.98 Å². The molecule has 14 heavy (non-hydrogen) atoms. The summed E-state index contributed by atoms with van der Waals surface area (Å²) in [7, 11) is 0. The fourth-order valence-corrected chi connectivity index (χ4v) is 3.14. The molecule has 2 saturated heterocycles. The van der Waals surface area contributed by atoms with Gasteiger partial charge in [0.15, 0.2) is 5.13 Å². The van der Waals surface area contributed by atoms with E-state index in [0.29, 0.717) is 18.2 Å². The van der Waals surface area contributed by atoms with Crippen LogP contribution in [0.5, 0.6) is 0 Å². The van der Waals surface area contributed by atoms with Crippen LogP contribution in [-0.2, 0) is 4.74 Å². The van der Waals surface area contributed by atoms with Gasteiger partial charge in [0.05, 0.1) is 24.4 Å². The average molecular weight is 231 g/mol. The molecular weight excluding hydrogens is 220 g/mol. The molecule has 76 valence electrons. The largest absolute Gasteiger partial charge is 0.373 e. The van der Waals surface area contributed by atoms with Crippen molar-refractivity contribution in [1.29, 1.82) is 0 Å². The summed E-state index contributed by atoms with van der Waals surface area (Å²) < 4.78 is 6.48. The van der Waals surface area contributed by atoms with Gasteiger partial charge in [0.1, 0.15) is 4.34 Å². The van der Waals surface area contributed by atoms with Crippen LogP contribution in [0.15, 0.2) is 6.20 Å². The minimum atomic E-state index is 0.391. The molecular formula is C9H11ClN2OS. The number of thiazole rings is 1. The standard InChI is InChI=1S/C9H11ClN2OS/c10-8-4-11-9(14-8)12-6-3-5-1-2-7(6)13-5/h4-7H,1-3H2,(H,11,12)/t5?,6-,7?/m0/s1. The number of ether oxygens (including phenoxy) is 1.